The maximum absolute atomic E-state index is 12.4. The lowest BCUT2D eigenvalue weighted by Gasteiger charge is -2.33. The number of unbranched alkanes of at least 4 members (excludes halogenated alkanes) is 1. The lowest BCUT2D eigenvalue weighted by atomic mass is 9.81. The van der Waals surface area contributed by atoms with Crippen molar-refractivity contribution in [2.75, 3.05) is 13.2 Å². The molecule has 2 N–H and O–H groups in total. The van der Waals surface area contributed by atoms with Gasteiger partial charge in [-0.1, -0.05) is 55.3 Å². The van der Waals surface area contributed by atoms with E-state index in [1.807, 2.05) is 30.3 Å². The second-order valence-electron chi connectivity index (χ2n) is 7.85. The fourth-order valence-electron chi connectivity index (χ4n) is 3.53. The maximum Gasteiger partial charge on any atom is 0.251 e. The number of rotatable bonds is 8. The Bertz CT molecular complexity index is 802. The van der Waals surface area contributed by atoms with E-state index in [4.69, 9.17) is 4.74 Å². The zero-order valence-corrected chi connectivity index (χ0v) is 17.2. The predicted octanol–water partition coefficient (Wildman–Crippen LogP) is 4.98. The summed E-state index contributed by atoms with van der Waals surface area (Å²) in [6.07, 6.45) is 7.35. The van der Waals surface area contributed by atoms with E-state index in [-0.39, 0.29) is 12.5 Å². The molecule has 0 aliphatic heterocycles. The van der Waals surface area contributed by atoms with Crippen molar-refractivity contribution in [1.82, 2.24) is 5.32 Å². The summed E-state index contributed by atoms with van der Waals surface area (Å²) in [4.78, 5) is 12.4. The van der Waals surface area contributed by atoms with Crippen LogP contribution >= 0.6 is 0 Å². The van der Waals surface area contributed by atoms with Gasteiger partial charge in [0, 0.05) is 12.1 Å². The smallest absolute Gasteiger partial charge is 0.251 e. The van der Waals surface area contributed by atoms with E-state index in [0.29, 0.717) is 25.0 Å². The largest absolute Gasteiger partial charge is 0.494 e. The van der Waals surface area contributed by atoms with Crippen LogP contribution in [-0.4, -0.2) is 29.8 Å². The summed E-state index contributed by atoms with van der Waals surface area (Å²) >= 11 is 0. The average molecular weight is 394 g/mol. The molecule has 1 fully saturated rings. The van der Waals surface area contributed by atoms with Crippen LogP contribution in [0.25, 0.3) is 6.08 Å². The summed E-state index contributed by atoms with van der Waals surface area (Å²) in [5.74, 6) is 0.614. The molecule has 3 rings (SSSR count). The number of nitrogens with one attached hydrogen (secondary N) is 1. The number of allylic oxidation sites excluding steroid dienone is 1. The first-order valence-corrected chi connectivity index (χ1v) is 10.6. The summed E-state index contributed by atoms with van der Waals surface area (Å²) in [7, 11) is 0. The third-order valence-electron chi connectivity index (χ3n) is 5.45. The SMILES string of the molecule is CCCCOc1ccc(C(=O)NCC2(O)CCC(=Cc3ccccc3)CC2)cc1. The number of benzene rings is 2. The molecule has 4 nitrogen and oxygen atoms in total. The third-order valence-corrected chi connectivity index (χ3v) is 5.45. The highest BCUT2D eigenvalue weighted by Crippen LogP contribution is 2.32. The van der Waals surface area contributed by atoms with Gasteiger partial charge in [0.15, 0.2) is 0 Å². The van der Waals surface area contributed by atoms with Crippen molar-refractivity contribution in [2.45, 2.75) is 51.0 Å². The van der Waals surface area contributed by atoms with Gasteiger partial charge in [0.25, 0.3) is 5.91 Å². The Kier molecular flexibility index (Phi) is 7.48. The zero-order valence-electron chi connectivity index (χ0n) is 17.2. The maximum atomic E-state index is 12.4. The number of ether oxygens (including phenoxy) is 1. The minimum Gasteiger partial charge on any atom is -0.494 e. The fraction of sp³-hybridized carbons (Fsp3) is 0.400. The van der Waals surface area contributed by atoms with Crippen molar-refractivity contribution >= 4 is 12.0 Å². The van der Waals surface area contributed by atoms with Crippen molar-refractivity contribution in [3.8, 4) is 5.75 Å². The van der Waals surface area contributed by atoms with Crippen LogP contribution in [0.3, 0.4) is 0 Å². The molecule has 0 aromatic heterocycles. The van der Waals surface area contributed by atoms with Crippen LogP contribution in [0.4, 0.5) is 0 Å². The van der Waals surface area contributed by atoms with Crippen LogP contribution in [0.5, 0.6) is 5.75 Å². The molecule has 1 aliphatic rings. The van der Waals surface area contributed by atoms with Gasteiger partial charge in [-0.05, 0) is 61.9 Å². The van der Waals surface area contributed by atoms with Crippen molar-refractivity contribution in [2.24, 2.45) is 0 Å². The molecule has 0 unspecified atom stereocenters. The number of amides is 1. The first kappa shape index (κ1) is 21.1. The topological polar surface area (TPSA) is 58.6 Å². The second kappa shape index (κ2) is 10.3. The molecular weight excluding hydrogens is 362 g/mol. The van der Waals surface area contributed by atoms with Gasteiger partial charge in [-0.2, -0.15) is 0 Å². The number of carbonyl (C=O) groups excluding carboxylic acids is 1. The normalized spacial score (nSPS) is 18.9. The van der Waals surface area contributed by atoms with Crippen LogP contribution in [0.1, 0.15) is 61.4 Å². The van der Waals surface area contributed by atoms with Crippen LogP contribution < -0.4 is 10.1 Å². The molecule has 2 aromatic carbocycles. The summed E-state index contributed by atoms with van der Waals surface area (Å²) in [5.41, 5.74) is 2.29. The summed E-state index contributed by atoms with van der Waals surface area (Å²) in [6.45, 7) is 3.09. The van der Waals surface area contributed by atoms with Crippen molar-refractivity contribution in [3.05, 3.63) is 71.3 Å². The number of hydrogen-bond donors (Lipinski definition) is 2. The van der Waals surface area contributed by atoms with Crippen LogP contribution in [-0.2, 0) is 0 Å². The highest BCUT2D eigenvalue weighted by molar-refractivity contribution is 5.94. The van der Waals surface area contributed by atoms with E-state index >= 15 is 0 Å². The Labute approximate surface area is 173 Å². The summed E-state index contributed by atoms with van der Waals surface area (Å²) in [6, 6.07) is 17.4. The van der Waals surface area contributed by atoms with E-state index in [2.05, 4.69) is 30.4 Å². The lowest BCUT2D eigenvalue weighted by Crippen LogP contribution is -2.44. The number of carbonyl (C=O) groups is 1. The second-order valence-corrected chi connectivity index (χ2v) is 7.85. The van der Waals surface area contributed by atoms with Gasteiger partial charge >= 0.3 is 0 Å². The predicted molar refractivity (Wildman–Crippen MR) is 117 cm³/mol. The molecular formula is C25H31NO3. The molecule has 0 bridgehead atoms. The first-order valence-electron chi connectivity index (χ1n) is 10.6. The van der Waals surface area contributed by atoms with Gasteiger partial charge < -0.3 is 15.2 Å². The highest BCUT2D eigenvalue weighted by atomic mass is 16.5. The minimum atomic E-state index is -0.840. The fourth-order valence-corrected chi connectivity index (χ4v) is 3.53. The Balaban J connectivity index is 1.47. The Morgan fingerprint density at radius 2 is 1.79 bits per heavy atom. The van der Waals surface area contributed by atoms with Gasteiger partial charge in [-0.3, -0.25) is 4.79 Å². The van der Waals surface area contributed by atoms with E-state index in [1.54, 1.807) is 12.1 Å². The van der Waals surface area contributed by atoms with E-state index in [0.717, 1.165) is 31.4 Å². The zero-order chi connectivity index (χ0) is 20.5. The van der Waals surface area contributed by atoms with Crippen LogP contribution in [0, 0.1) is 0 Å². The quantitative estimate of drug-likeness (QED) is 0.622. The van der Waals surface area contributed by atoms with Crippen molar-refractivity contribution in [1.29, 1.82) is 0 Å². The average Bonchev–Trinajstić information content (AvgIpc) is 2.75. The molecule has 0 atom stereocenters. The molecule has 0 spiro atoms. The molecule has 154 valence electrons. The van der Waals surface area contributed by atoms with Gasteiger partial charge in [0.05, 0.1) is 12.2 Å². The van der Waals surface area contributed by atoms with Gasteiger partial charge in [-0.25, -0.2) is 0 Å². The molecule has 1 amide bonds. The van der Waals surface area contributed by atoms with Crippen LogP contribution in [0.2, 0.25) is 0 Å². The molecule has 29 heavy (non-hydrogen) atoms. The number of aliphatic hydroxyl groups is 1. The Morgan fingerprint density at radius 1 is 1.10 bits per heavy atom. The summed E-state index contributed by atoms with van der Waals surface area (Å²) in [5, 5.41) is 13.7. The third kappa shape index (κ3) is 6.47. The molecule has 0 heterocycles. The molecule has 0 saturated heterocycles. The molecule has 2 aromatic rings. The minimum absolute atomic E-state index is 0.163. The molecule has 1 aliphatic carbocycles. The molecule has 0 radical (unpaired) electrons. The monoisotopic (exact) mass is 393 g/mol. The summed E-state index contributed by atoms with van der Waals surface area (Å²) < 4.78 is 5.63. The molecule has 4 heteroatoms. The van der Waals surface area contributed by atoms with Gasteiger partial charge in [0.1, 0.15) is 5.75 Å². The van der Waals surface area contributed by atoms with E-state index in [1.165, 1.54) is 11.1 Å². The Hall–Kier alpha value is -2.59. The van der Waals surface area contributed by atoms with Crippen molar-refractivity contribution < 1.29 is 14.6 Å². The van der Waals surface area contributed by atoms with Crippen LogP contribution in [0.15, 0.2) is 60.2 Å². The van der Waals surface area contributed by atoms with Crippen molar-refractivity contribution in [3.63, 3.8) is 0 Å². The highest BCUT2D eigenvalue weighted by Gasteiger charge is 2.31. The van der Waals surface area contributed by atoms with Gasteiger partial charge in [-0.15, -0.1) is 0 Å². The van der Waals surface area contributed by atoms with E-state index in [9.17, 15) is 9.90 Å². The first-order chi connectivity index (χ1) is 14.1. The van der Waals surface area contributed by atoms with E-state index < -0.39 is 5.60 Å². The standard InChI is InChI=1S/C25H31NO3/c1-2-3-17-29-23-11-9-22(10-12-23)24(27)26-19-25(28)15-13-21(14-16-25)18-20-7-5-4-6-8-20/h4-12,18,28H,2-3,13-17,19H2,1H3,(H,26,27). The Morgan fingerprint density at radius 3 is 2.45 bits per heavy atom. The van der Waals surface area contributed by atoms with Gasteiger partial charge in [0.2, 0.25) is 0 Å². The number of hydrogen-bond acceptors (Lipinski definition) is 3. The molecule has 1 saturated carbocycles. The lowest BCUT2D eigenvalue weighted by molar-refractivity contribution is 0.0146.